The maximum absolute atomic E-state index is 14.8. The van der Waals surface area contributed by atoms with E-state index in [1.54, 1.807) is 46.0 Å². The van der Waals surface area contributed by atoms with Crippen molar-refractivity contribution in [3.63, 3.8) is 0 Å². The Balaban J connectivity index is 1.52. The molecule has 1 aromatic carbocycles. The molecule has 2 N–H and O–H groups in total. The Hall–Kier alpha value is -3.89. The first-order valence-electron chi connectivity index (χ1n) is 12.1. The number of anilines is 1. The second-order valence-electron chi connectivity index (χ2n) is 10.3. The molecule has 37 heavy (non-hydrogen) atoms. The molecule has 1 aliphatic heterocycles. The molecule has 0 saturated carbocycles. The number of halogens is 1. The number of rotatable bonds is 7. The van der Waals surface area contributed by atoms with Crippen LogP contribution in [0.3, 0.4) is 0 Å². The second kappa shape index (κ2) is 9.87. The van der Waals surface area contributed by atoms with E-state index in [0.717, 1.165) is 5.56 Å². The number of hydrogen-bond acceptors (Lipinski definition) is 8. The fourth-order valence-electron chi connectivity index (χ4n) is 4.18. The number of fused-ring (bicyclic) bond motifs is 2. The molecule has 2 aromatic heterocycles. The van der Waals surface area contributed by atoms with Gasteiger partial charge in [-0.2, -0.15) is 5.10 Å². The van der Waals surface area contributed by atoms with Crippen LogP contribution in [0.1, 0.15) is 69.1 Å². The smallest absolute Gasteiger partial charge is 0.407 e. The van der Waals surface area contributed by atoms with Crippen LogP contribution in [0.15, 0.2) is 30.6 Å². The Morgan fingerprint density at radius 3 is 2.76 bits per heavy atom. The van der Waals surface area contributed by atoms with E-state index >= 15 is 0 Å². The first-order chi connectivity index (χ1) is 17.4. The molecule has 0 radical (unpaired) electrons. The summed E-state index contributed by atoms with van der Waals surface area (Å²) >= 11 is 0. The summed E-state index contributed by atoms with van der Waals surface area (Å²) in [6, 6.07) is 4.49. The number of hydrogen-bond donors (Lipinski definition) is 2. The highest BCUT2D eigenvalue weighted by Gasteiger charge is 2.39. The van der Waals surface area contributed by atoms with E-state index < -0.39 is 23.3 Å². The van der Waals surface area contributed by atoms with Crippen LogP contribution in [0.5, 0.6) is 5.75 Å². The number of amides is 1. The number of carbonyl (C=O) groups is 2. The van der Waals surface area contributed by atoms with Crippen LogP contribution in [0.4, 0.5) is 15.0 Å². The van der Waals surface area contributed by atoms with Crippen molar-refractivity contribution >= 4 is 23.5 Å². The maximum atomic E-state index is 14.8. The number of ether oxygens (including phenoxy) is 3. The van der Waals surface area contributed by atoms with Crippen LogP contribution < -0.4 is 15.4 Å². The van der Waals surface area contributed by atoms with E-state index in [1.807, 2.05) is 13.8 Å². The van der Waals surface area contributed by atoms with E-state index in [9.17, 15) is 14.0 Å². The molecule has 10 nitrogen and oxygen atoms in total. The largest absolute Gasteiger partial charge is 0.485 e. The number of aromatic nitrogens is 3. The SMILES string of the molecule is CCOC(=O)c1cnn2ccc(N[C@H](C)c3ccc(F)c4c3OC(C)(CNC(=O)OC(C)(C)C)C4)nc12. The van der Waals surface area contributed by atoms with Gasteiger partial charge in [-0.15, -0.1) is 0 Å². The van der Waals surface area contributed by atoms with E-state index in [2.05, 4.69) is 20.7 Å². The van der Waals surface area contributed by atoms with Crippen LogP contribution in [0.2, 0.25) is 0 Å². The third kappa shape index (κ3) is 5.76. The standard InChI is InChI=1S/C26H32FN5O5/c1-7-35-23(33)18-13-29-32-11-10-20(31-22(18)32)30-15(2)16-8-9-19(27)17-12-26(6,36-21(16)17)14-28-24(34)37-25(3,4)5/h8-11,13,15H,7,12,14H2,1-6H3,(H,28,34)(H,30,31)/t15-,26?/m1/s1. The molecule has 1 amide bonds. The molecule has 0 bridgehead atoms. The summed E-state index contributed by atoms with van der Waals surface area (Å²) in [4.78, 5) is 28.9. The van der Waals surface area contributed by atoms with Crippen molar-refractivity contribution in [2.45, 2.75) is 65.2 Å². The summed E-state index contributed by atoms with van der Waals surface area (Å²) < 4.78 is 32.9. The second-order valence-corrected chi connectivity index (χ2v) is 10.3. The van der Waals surface area contributed by atoms with E-state index in [4.69, 9.17) is 14.2 Å². The van der Waals surface area contributed by atoms with Gasteiger partial charge in [0, 0.05) is 23.7 Å². The molecular formula is C26H32FN5O5. The fraction of sp³-hybridized carbons (Fsp3) is 0.462. The van der Waals surface area contributed by atoms with Gasteiger partial charge in [0.1, 0.15) is 34.2 Å². The minimum absolute atomic E-state index is 0.146. The van der Waals surface area contributed by atoms with E-state index in [1.165, 1.54) is 16.8 Å². The number of esters is 1. The molecule has 1 unspecified atom stereocenters. The predicted molar refractivity (Wildman–Crippen MR) is 134 cm³/mol. The molecule has 4 rings (SSSR count). The van der Waals surface area contributed by atoms with Crippen LogP contribution in [0.25, 0.3) is 5.65 Å². The van der Waals surface area contributed by atoms with Crippen LogP contribution >= 0.6 is 0 Å². The van der Waals surface area contributed by atoms with Crippen LogP contribution in [-0.2, 0) is 15.9 Å². The van der Waals surface area contributed by atoms with Crippen molar-refractivity contribution in [3.05, 3.63) is 53.1 Å². The Morgan fingerprint density at radius 2 is 2.05 bits per heavy atom. The number of alkyl carbamates (subject to hydrolysis) is 1. The molecule has 1 aliphatic rings. The van der Waals surface area contributed by atoms with Crippen LogP contribution in [-0.4, -0.2) is 51.0 Å². The van der Waals surface area contributed by atoms with Gasteiger partial charge in [-0.25, -0.2) is 23.5 Å². The molecule has 198 valence electrons. The van der Waals surface area contributed by atoms with Crippen molar-refractivity contribution < 1.29 is 28.2 Å². The summed E-state index contributed by atoms with van der Waals surface area (Å²) in [5, 5.41) is 10.2. The van der Waals surface area contributed by atoms with Gasteiger partial charge in [-0.1, -0.05) is 6.07 Å². The number of nitrogens with one attached hydrogen (secondary N) is 2. The zero-order valence-electron chi connectivity index (χ0n) is 21.8. The van der Waals surface area contributed by atoms with Gasteiger partial charge >= 0.3 is 12.1 Å². The minimum Gasteiger partial charge on any atom is -0.485 e. The Kier molecular flexibility index (Phi) is 6.98. The van der Waals surface area contributed by atoms with Gasteiger partial charge in [0.15, 0.2) is 5.65 Å². The molecule has 2 atom stereocenters. The normalized spacial score (nSPS) is 17.6. The van der Waals surface area contributed by atoms with Crippen molar-refractivity contribution in [2.24, 2.45) is 0 Å². The number of nitrogens with zero attached hydrogens (tertiary/aromatic N) is 3. The summed E-state index contributed by atoms with van der Waals surface area (Å²) in [6.45, 7) is 11.2. The molecule has 11 heteroatoms. The molecule has 3 heterocycles. The molecule has 0 aliphatic carbocycles. The van der Waals surface area contributed by atoms with Crippen molar-refractivity contribution in [3.8, 4) is 5.75 Å². The summed E-state index contributed by atoms with van der Waals surface area (Å²) in [6.07, 6.45) is 2.83. The zero-order chi connectivity index (χ0) is 27.0. The topological polar surface area (TPSA) is 116 Å². The Bertz CT molecular complexity index is 1330. The average molecular weight is 514 g/mol. The third-order valence-corrected chi connectivity index (χ3v) is 5.83. The highest BCUT2D eigenvalue weighted by Crippen LogP contribution is 2.42. The zero-order valence-corrected chi connectivity index (χ0v) is 21.8. The summed E-state index contributed by atoms with van der Waals surface area (Å²) in [5.41, 5.74) is 0.325. The van der Waals surface area contributed by atoms with Gasteiger partial charge in [0.25, 0.3) is 0 Å². The monoisotopic (exact) mass is 513 g/mol. The van der Waals surface area contributed by atoms with Crippen LogP contribution in [0, 0.1) is 5.82 Å². The summed E-state index contributed by atoms with van der Waals surface area (Å²) in [7, 11) is 0. The van der Waals surface area contributed by atoms with Gasteiger partial charge in [0.05, 0.1) is 25.4 Å². The van der Waals surface area contributed by atoms with E-state index in [-0.39, 0.29) is 37.0 Å². The Labute approximate surface area is 214 Å². The van der Waals surface area contributed by atoms with Crippen molar-refractivity contribution in [2.75, 3.05) is 18.5 Å². The molecule has 0 fully saturated rings. The molecular weight excluding hydrogens is 481 g/mol. The first kappa shape index (κ1) is 26.2. The third-order valence-electron chi connectivity index (χ3n) is 5.83. The van der Waals surface area contributed by atoms with Crippen molar-refractivity contribution in [1.29, 1.82) is 0 Å². The highest BCUT2D eigenvalue weighted by atomic mass is 19.1. The highest BCUT2D eigenvalue weighted by molar-refractivity contribution is 5.95. The molecule has 0 spiro atoms. The average Bonchev–Trinajstić information content (AvgIpc) is 3.39. The Morgan fingerprint density at radius 1 is 1.30 bits per heavy atom. The minimum atomic E-state index is -0.848. The lowest BCUT2D eigenvalue weighted by atomic mass is 9.96. The molecule has 0 saturated heterocycles. The predicted octanol–water partition coefficient (Wildman–Crippen LogP) is 4.44. The van der Waals surface area contributed by atoms with Gasteiger partial charge in [-0.05, 0) is 53.7 Å². The summed E-state index contributed by atoms with van der Waals surface area (Å²) in [5.74, 6) is 0.0617. The first-order valence-corrected chi connectivity index (χ1v) is 12.1. The van der Waals surface area contributed by atoms with E-state index in [0.29, 0.717) is 22.8 Å². The lowest BCUT2D eigenvalue weighted by molar-refractivity contribution is 0.0447. The molecule has 3 aromatic rings. The quantitative estimate of drug-likeness (QED) is 0.446. The van der Waals surface area contributed by atoms with Crippen molar-refractivity contribution in [1.82, 2.24) is 19.9 Å². The van der Waals surface area contributed by atoms with Gasteiger partial charge < -0.3 is 24.8 Å². The fourth-order valence-corrected chi connectivity index (χ4v) is 4.18. The van der Waals surface area contributed by atoms with Gasteiger partial charge in [-0.3, -0.25) is 0 Å². The maximum Gasteiger partial charge on any atom is 0.407 e. The number of benzene rings is 1. The van der Waals surface area contributed by atoms with Gasteiger partial charge in [0.2, 0.25) is 0 Å². The number of carbonyl (C=O) groups excluding carboxylic acids is 2. The lowest BCUT2D eigenvalue weighted by Gasteiger charge is -2.27. The lowest BCUT2D eigenvalue weighted by Crippen LogP contribution is -2.45.